The molecule has 136 valence electrons. The Morgan fingerprint density at radius 1 is 1.08 bits per heavy atom. The van der Waals surface area contributed by atoms with Crippen molar-refractivity contribution in [3.05, 3.63) is 53.9 Å². The van der Waals surface area contributed by atoms with Crippen molar-refractivity contribution in [1.82, 2.24) is 15.6 Å². The number of rotatable bonds is 2. The number of benzene rings is 1. The highest BCUT2D eigenvalue weighted by molar-refractivity contribution is 5.88. The average Bonchev–Trinajstić information content (AvgIpc) is 3.22. The molecule has 4 nitrogen and oxygen atoms in total. The van der Waals surface area contributed by atoms with Crippen LogP contribution in [0.25, 0.3) is 11.1 Å². The van der Waals surface area contributed by atoms with Gasteiger partial charge in [-0.1, -0.05) is 12.1 Å². The molecule has 0 unspecified atom stereocenters. The molecule has 26 heavy (non-hydrogen) atoms. The minimum atomic E-state index is -4.34. The molecule has 1 amide bonds. The van der Waals surface area contributed by atoms with Gasteiger partial charge in [0.2, 0.25) is 5.91 Å². The van der Waals surface area contributed by atoms with Crippen molar-refractivity contribution in [3.63, 3.8) is 0 Å². The van der Waals surface area contributed by atoms with E-state index in [1.165, 1.54) is 12.1 Å². The Morgan fingerprint density at radius 2 is 1.85 bits per heavy atom. The molecule has 7 heteroatoms. The molecule has 0 radical (unpaired) electrons. The van der Waals surface area contributed by atoms with Crippen molar-refractivity contribution in [2.45, 2.75) is 37.0 Å². The van der Waals surface area contributed by atoms with E-state index in [-0.39, 0.29) is 11.9 Å². The SMILES string of the molecule is O=C1NCC[C@]12CC[C@H](c1cc(-c3ccc(C(F)(F)F)cc3)ccn1)N2. The number of alkyl halides is 3. The summed E-state index contributed by atoms with van der Waals surface area (Å²) in [5.74, 6) is 0.0406. The van der Waals surface area contributed by atoms with Gasteiger partial charge in [0.15, 0.2) is 0 Å². The summed E-state index contributed by atoms with van der Waals surface area (Å²) in [5.41, 5.74) is 1.15. The van der Waals surface area contributed by atoms with Crippen molar-refractivity contribution in [3.8, 4) is 11.1 Å². The molecule has 2 atom stereocenters. The first-order valence-corrected chi connectivity index (χ1v) is 8.57. The number of pyridine rings is 1. The number of amides is 1. The van der Waals surface area contributed by atoms with Crippen LogP contribution < -0.4 is 10.6 Å². The number of aromatic nitrogens is 1. The van der Waals surface area contributed by atoms with E-state index < -0.39 is 17.3 Å². The number of hydrogen-bond acceptors (Lipinski definition) is 3. The number of carbonyl (C=O) groups is 1. The van der Waals surface area contributed by atoms with Crippen molar-refractivity contribution < 1.29 is 18.0 Å². The quantitative estimate of drug-likeness (QED) is 0.862. The largest absolute Gasteiger partial charge is 0.416 e. The molecule has 2 aliphatic rings. The molecule has 2 aliphatic heterocycles. The van der Waals surface area contributed by atoms with Crippen molar-refractivity contribution in [1.29, 1.82) is 0 Å². The number of hydrogen-bond donors (Lipinski definition) is 2. The molecule has 1 spiro atoms. The molecule has 1 aromatic heterocycles. The van der Waals surface area contributed by atoms with E-state index in [1.54, 1.807) is 12.3 Å². The lowest BCUT2D eigenvalue weighted by atomic mass is 9.96. The number of nitrogens with one attached hydrogen (secondary N) is 2. The van der Waals surface area contributed by atoms with Crippen molar-refractivity contribution in [2.24, 2.45) is 0 Å². The molecule has 2 fully saturated rings. The predicted molar refractivity (Wildman–Crippen MR) is 90.1 cm³/mol. The number of halogens is 3. The van der Waals surface area contributed by atoms with Gasteiger partial charge in [-0.3, -0.25) is 15.1 Å². The Hall–Kier alpha value is -2.41. The summed E-state index contributed by atoms with van der Waals surface area (Å²) in [4.78, 5) is 16.5. The Labute approximate surface area is 148 Å². The van der Waals surface area contributed by atoms with Gasteiger partial charge < -0.3 is 5.32 Å². The zero-order valence-electron chi connectivity index (χ0n) is 13.9. The maximum absolute atomic E-state index is 12.7. The Bertz CT molecular complexity index is 835. The second-order valence-electron chi connectivity index (χ2n) is 6.87. The summed E-state index contributed by atoms with van der Waals surface area (Å²) < 4.78 is 38.1. The molecule has 2 aromatic rings. The molecule has 0 bridgehead atoms. The van der Waals surface area contributed by atoms with Gasteiger partial charge >= 0.3 is 6.18 Å². The maximum atomic E-state index is 12.7. The van der Waals surface area contributed by atoms with Crippen LogP contribution in [0.2, 0.25) is 0 Å². The fourth-order valence-electron chi connectivity index (χ4n) is 3.81. The fourth-order valence-corrected chi connectivity index (χ4v) is 3.81. The van der Waals surface area contributed by atoms with Crippen LogP contribution in [0.1, 0.15) is 36.6 Å². The summed E-state index contributed by atoms with van der Waals surface area (Å²) in [5, 5.41) is 6.28. The van der Waals surface area contributed by atoms with Gasteiger partial charge in [-0.2, -0.15) is 13.2 Å². The second kappa shape index (κ2) is 6.09. The third-order valence-electron chi connectivity index (χ3n) is 5.27. The third kappa shape index (κ3) is 2.96. The third-order valence-corrected chi connectivity index (χ3v) is 5.27. The molecule has 4 rings (SSSR count). The van der Waals surface area contributed by atoms with Crippen molar-refractivity contribution in [2.75, 3.05) is 6.54 Å². The van der Waals surface area contributed by atoms with Gasteiger partial charge in [-0.25, -0.2) is 0 Å². The lowest BCUT2D eigenvalue weighted by Gasteiger charge is -2.21. The molecule has 3 heterocycles. The lowest BCUT2D eigenvalue weighted by Crippen LogP contribution is -2.47. The smallest absolute Gasteiger partial charge is 0.354 e. The molecular formula is C19H18F3N3O. The van der Waals surface area contributed by atoms with Crippen LogP contribution in [-0.2, 0) is 11.0 Å². The van der Waals surface area contributed by atoms with E-state index in [2.05, 4.69) is 15.6 Å². The predicted octanol–water partition coefficient (Wildman–Crippen LogP) is 3.45. The monoisotopic (exact) mass is 361 g/mol. The van der Waals surface area contributed by atoms with E-state index in [9.17, 15) is 18.0 Å². The highest BCUT2D eigenvalue weighted by Crippen LogP contribution is 2.37. The van der Waals surface area contributed by atoms with Crippen LogP contribution in [0.4, 0.5) is 13.2 Å². The first kappa shape index (κ1) is 17.0. The number of carbonyl (C=O) groups excluding carboxylic acids is 1. The van der Waals surface area contributed by atoms with Crippen LogP contribution >= 0.6 is 0 Å². The second-order valence-corrected chi connectivity index (χ2v) is 6.87. The summed E-state index contributed by atoms with van der Waals surface area (Å²) in [6.45, 7) is 0.678. The zero-order chi connectivity index (χ0) is 18.4. The maximum Gasteiger partial charge on any atom is 0.416 e. The highest BCUT2D eigenvalue weighted by Gasteiger charge is 2.48. The summed E-state index contributed by atoms with van der Waals surface area (Å²) in [6.07, 6.45) is -0.358. The highest BCUT2D eigenvalue weighted by atomic mass is 19.4. The number of nitrogens with zero attached hydrogens (tertiary/aromatic N) is 1. The normalized spacial score (nSPS) is 25.7. The van der Waals surface area contributed by atoms with Gasteiger partial charge in [-0.15, -0.1) is 0 Å². The van der Waals surface area contributed by atoms with Crippen LogP contribution in [-0.4, -0.2) is 23.0 Å². The van der Waals surface area contributed by atoms with Crippen LogP contribution in [0.5, 0.6) is 0 Å². The average molecular weight is 361 g/mol. The Morgan fingerprint density at radius 3 is 2.50 bits per heavy atom. The molecular weight excluding hydrogens is 343 g/mol. The van der Waals surface area contributed by atoms with E-state index in [0.717, 1.165) is 42.7 Å². The van der Waals surface area contributed by atoms with Gasteiger partial charge in [0.1, 0.15) is 5.54 Å². The summed E-state index contributed by atoms with van der Waals surface area (Å²) in [7, 11) is 0. The van der Waals surface area contributed by atoms with Gasteiger partial charge in [0.05, 0.1) is 17.3 Å². The molecule has 1 aromatic carbocycles. The standard InChI is InChI=1S/C19H18F3N3O/c20-19(21,22)14-3-1-12(2-4-14)13-6-9-23-16(11-13)15-5-7-18(25-15)8-10-24-17(18)26/h1-4,6,9,11,15,25H,5,7-8,10H2,(H,24,26)/t15-,18-/m1/s1. The minimum absolute atomic E-state index is 0.0340. The molecule has 2 N–H and O–H groups in total. The van der Waals surface area contributed by atoms with Crippen LogP contribution in [0, 0.1) is 0 Å². The van der Waals surface area contributed by atoms with Crippen LogP contribution in [0.3, 0.4) is 0 Å². The van der Waals surface area contributed by atoms with E-state index in [1.807, 2.05) is 6.07 Å². The van der Waals surface area contributed by atoms with Crippen LogP contribution in [0.15, 0.2) is 42.6 Å². The summed E-state index contributed by atoms with van der Waals surface area (Å²) in [6, 6.07) is 8.73. The van der Waals surface area contributed by atoms with E-state index >= 15 is 0 Å². The Balaban J connectivity index is 1.57. The van der Waals surface area contributed by atoms with E-state index in [0.29, 0.717) is 12.1 Å². The molecule has 0 saturated carbocycles. The Kier molecular flexibility index (Phi) is 3.99. The van der Waals surface area contributed by atoms with Gasteiger partial charge in [0, 0.05) is 12.7 Å². The van der Waals surface area contributed by atoms with Gasteiger partial charge in [-0.05, 0) is 54.7 Å². The topological polar surface area (TPSA) is 54.0 Å². The fraction of sp³-hybridized carbons (Fsp3) is 0.368. The van der Waals surface area contributed by atoms with E-state index in [4.69, 9.17) is 0 Å². The minimum Gasteiger partial charge on any atom is -0.354 e. The molecule has 0 aliphatic carbocycles. The first-order chi connectivity index (χ1) is 12.4. The summed E-state index contributed by atoms with van der Waals surface area (Å²) >= 11 is 0. The van der Waals surface area contributed by atoms with Gasteiger partial charge in [0.25, 0.3) is 0 Å². The lowest BCUT2D eigenvalue weighted by molar-refractivity contribution is -0.137. The first-order valence-electron chi connectivity index (χ1n) is 8.57. The molecule has 2 saturated heterocycles. The van der Waals surface area contributed by atoms with Crippen molar-refractivity contribution >= 4 is 5.91 Å². The zero-order valence-corrected chi connectivity index (χ0v) is 13.9.